The molecule has 1 aromatic rings. The summed E-state index contributed by atoms with van der Waals surface area (Å²) in [6, 6.07) is 0.676. The largest absolute Gasteiger partial charge is 0.292 e. The van der Waals surface area contributed by atoms with E-state index >= 15 is 0 Å². The lowest BCUT2D eigenvalue weighted by Gasteiger charge is -2.01. The smallest absolute Gasteiger partial charge is 0.258 e. The monoisotopic (exact) mass is 334 g/mol. The van der Waals surface area contributed by atoms with Crippen LogP contribution in [-0.2, 0) is 0 Å². The van der Waals surface area contributed by atoms with E-state index in [9.17, 15) is 18.9 Å². The van der Waals surface area contributed by atoms with Crippen LogP contribution < -0.4 is 0 Å². The topological polar surface area (TPSA) is 56.0 Å². The molecular formula is C6H2ClF2IN2O2. The molecule has 4 nitrogen and oxygen atoms in total. The van der Waals surface area contributed by atoms with Crippen LogP contribution in [0.3, 0.4) is 0 Å². The van der Waals surface area contributed by atoms with Crippen molar-refractivity contribution in [3.05, 3.63) is 30.6 Å². The van der Waals surface area contributed by atoms with Gasteiger partial charge in [0.05, 0.1) is 4.92 Å². The van der Waals surface area contributed by atoms with Gasteiger partial charge in [-0.3, -0.25) is 10.1 Å². The van der Waals surface area contributed by atoms with E-state index in [1.807, 2.05) is 0 Å². The van der Waals surface area contributed by atoms with Gasteiger partial charge in [0.15, 0.2) is 5.02 Å². The molecule has 0 fully saturated rings. The van der Waals surface area contributed by atoms with Gasteiger partial charge in [0, 0.05) is 6.07 Å². The highest BCUT2D eigenvalue weighted by atomic mass is 127. The van der Waals surface area contributed by atoms with Gasteiger partial charge in [-0.2, -0.15) is 0 Å². The third-order valence-electron chi connectivity index (χ3n) is 1.34. The summed E-state index contributed by atoms with van der Waals surface area (Å²) in [5.74, 6) is 0. The molecule has 0 radical (unpaired) electrons. The second-order valence-electron chi connectivity index (χ2n) is 2.23. The highest BCUT2D eigenvalue weighted by Gasteiger charge is 2.21. The van der Waals surface area contributed by atoms with Gasteiger partial charge < -0.3 is 0 Å². The first kappa shape index (κ1) is 11.5. The molecule has 0 spiro atoms. The number of nitro groups is 1. The zero-order valence-electron chi connectivity index (χ0n) is 6.38. The van der Waals surface area contributed by atoms with E-state index in [4.69, 9.17) is 11.6 Å². The van der Waals surface area contributed by atoms with E-state index < -0.39 is 22.7 Å². The lowest BCUT2D eigenvalue weighted by molar-refractivity contribution is -0.385. The normalized spacial score (nSPS) is 10.6. The number of hydrogen-bond donors (Lipinski definition) is 0. The van der Waals surface area contributed by atoms with Gasteiger partial charge in [0.2, 0.25) is 0 Å². The summed E-state index contributed by atoms with van der Waals surface area (Å²) in [6.07, 6.45) is -2.85. The predicted octanol–water partition coefficient (Wildman–Crippen LogP) is 3.19. The molecule has 0 unspecified atom stereocenters. The summed E-state index contributed by atoms with van der Waals surface area (Å²) in [6.45, 7) is 0. The van der Waals surface area contributed by atoms with Crippen molar-refractivity contribution in [2.24, 2.45) is 0 Å². The van der Waals surface area contributed by atoms with Gasteiger partial charge in [-0.25, -0.2) is 13.8 Å². The number of hydrogen-bond acceptors (Lipinski definition) is 3. The fourth-order valence-electron chi connectivity index (χ4n) is 0.748. The Morgan fingerprint density at radius 1 is 1.64 bits per heavy atom. The maximum Gasteiger partial charge on any atom is 0.292 e. The Morgan fingerprint density at radius 3 is 2.64 bits per heavy atom. The summed E-state index contributed by atoms with van der Waals surface area (Å²) in [5, 5.41) is 10.2. The van der Waals surface area contributed by atoms with Crippen LogP contribution in [0.25, 0.3) is 0 Å². The van der Waals surface area contributed by atoms with E-state index in [2.05, 4.69) is 4.98 Å². The van der Waals surface area contributed by atoms with Crippen molar-refractivity contribution in [1.82, 2.24) is 4.98 Å². The van der Waals surface area contributed by atoms with E-state index in [-0.39, 0.29) is 8.72 Å². The van der Waals surface area contributed by atoms with Gasteiger partial charge >= 0.3 is 0 Å². The first-order valence-corrected chi connectivity index (χ1v) is 4.67. The van der Waals surface area contributed by atoms with Crippen molar-refractivity contribution in [2.45, 2.75) is 6.43 Å². The second kappa shape index (κ2) is 4.30. The molecule has 0 amide bonds. The summed E-state index contributed by atoms with van der Waals surface area (Å²) >= 11 is 7.07. The first-order chi connectivity index (χ1) is 6.43. The SMILES string of the molecule is O=[N+]([O-])c1cc(C(F)F)nc(I)c1Cl. The molecular weight excluding hydrogens is 332 g/mol. The Bertz CT molecular complexity index is 388. The number of alkyl halides is 2. The van der Waals surface area contributed by atoms with Gasteiger partial charge in [0.25, 0.3) is 12.1 Å². The Kier molecular flexibility index (Phi) is 3.53. The number of rotatable bonds is 2. The Labute approximate surface area is 95.6 Å². The van der Waals surface area contributed by atoms with Crippen molar-refractivity contribution in [1.29, 1.82) is 0 Å². The lowest BCUT2D eigenvalue weighted by Crippen LogP contribution is -1.98. The lowest BCUT2D eigenvalue weighted by atomic mass is 10.3. The quantitative estimate of drug-likeness (QED) is 0.361. The van der Waals surface area contributed by atoms with Gasteiger partial charge in [-0.15, -0.1) is 0 Å². The van der Waals surface area contributed by atoms with Crippen LogP contribution >= 0.6 is 34.2 Å². The van der Waals surface area contributed by atoms with E-state index in [0.717, 1.165) is 0 Å². The van der Waals surface area contributed by atoms with Crippen molar-refractivity contribution in [2.75, 3.05) is 0 Å². The average Bonchev–Trinajstić information content (AvgIpc) is 2.08. The van der Waals surface area contributed by atoms with Crippen molar-refractivity contribution in [3.63, 3.8) is 0 Å². The second-order valence-corrected chi connectivity index (χ2v) is 3.63. The summed E-state index contributed by atoms with van der Waals surface area (Å²) in [7, 11) is 0. The van der Waals surface area contributed by atoms with Gasteiger partial charge in [-0.05, 0) is 22.6 Å². The van der Waals surface area contributed by atoms with Crippen LogP contribution in [0.5, 0.6) is 0 Å². The molecule has 1 heterocycles. The molecule has 1 aromatic heterocycles. The molecule has 0 saturated carbocycles. The minimum Gasteiger partial charge on any atom is -0.258 e. The van der Waals surface area contributed by atoms with Crippen LogP contribution in [0.2, 0.25) is 5.02 Å². The molecule has 0 aliphatic heterocycles. The number of aromatic nitrogens is 1. The minimum absolute atomic E-state index is 0.00577. The Hall–Kier alpha value is -0.570. The van der Waals surface area contributed by atoms with Crippen LogP contribution in [0.4, 0.5) is 14.5 Å². The predicted molar refractivity (Wildman–Crippen MR) is 53.6 cm³/mol. The standard InChI is InChI=1S/C6H2ClF2IN2O2/c7-4-3(12(13)14)1-2(5(8)9)11-6(4)10/h1,5H. The molecule has 0 saturated heterocycles. The van der Waals surface area contributed by atoms with E-state index in [0.29, 0.717) is 6.07 Å². The van der Waals surface area contributed by atoms with Gasteiger partial charge in [0.1, 0.15) is 9.39 Å². The molecule has 0 aliphatic rings. The summed E-state index contributed by atoms with van der Waals surface area (Å²) < 4.78 is 24.4. The molecule has 0 bridgehead atoms. The first-order valence-electron chi connectivity index (χ1n) is 3.22. The fourth-order valence-corrected chi connectivity index (χ4v) is 1.47. The average molecular weight is 334 g/mol. The summed E-state index contributed by atoms with van der Waals surface area (Å²) in [4.78, 5) is 13.0. The number of halogens is 4. The molecule has 0 N–H and O–H groups in total. The third-order valence-corrected chi connectivity index (χ3v) is 2.81. The highest BCUT2D eigenvalue weighted by Crippen LogP contribution is 2.31. The molecule has 8 heteroatoms. The molecule has 14 heavy (non-hydrogen) atoms. The maximum atomic E-state index is 12.2. The van der Waals surface area contributed by atoms with Crippen molar-refractivity contribution < 1.29 is 13.7 Å². The van der Waals surface area contributed by atoms with Crippen molar-refractivity contribution >= 4 is 39.9 Å². The zero-order chi connectivity index (χ0) is 10.9. The van der Waals surface area contributed by atoms with Crippen LogP contribution in [0.15, 0.2) is 6.07 Å². The van der Waals surface area contributed by atoms with E-state index in [1.54, 1.807) is 22.6 Å². The number of nitrogens with zero attached hydrogens (tertiary/aromatic N) is 2. The highest BCUT2D eigenvalue weighted by molar-refractivity contribution is 14.1. The zero-order valence-corrected chi connectivity index (χ0v) is 9.29. The number of pyridine rings is 1. The van der Waals surface area contributed by atoms with Crippen LogP contribution in [0, 0.1) is 13.8 Å². The van der Waals surface area contributed by atoms with Crippen LogP contribution in [-0.4, -0.2) is 9.91 Å². The Morgan fingerprint density at radius 2 is 2.21 bits per heavy atom. The molecule has 0 aliphatic carbocycles. The van der Waals surface area contributed by atoms with Gasteiger partial charge in [-0.1, -0.05) is 11.6 Å². The maximum absolute atomic E-state index is 12.2. The van der Waals surface area contributed by atoms with Crippen molar-refractivity contribution in [3.8, 4) is 0 Å². The third kappa shape index (κ3) is 2.27. The van der Waals surface area contributed by atoms with E-state index in [1.165, 1.54) is 0 Å². The minimum atomic E-state index is -2.85. The molecule has 0 aromatic carbocycles. The fraction of sp³-hybridized carbons (Fsp3) is 0.167. The summed E-state index contributed by atoms with van der Waals surface area (Å²) in [5.41, 5.74) is -1.20. The molecule has 1 rings (SSSR count). The Balaban J connectivity index is 3.35. The van der Waals surface area contributed by atoms with Crippen LogP contribution in [0.1, 0.15) is 12.1 Å². The molecule has 0 atom stereocenters. The molecule has 76 valence electrons.